The molecular weight excluding hydrogens is 154 g/mol. The highest BCUT2D eigenvalue weighted by Crippen LogP contribution is 1.97. The van der Waals surface area contributed by atoms with Gasteiger partial charge in [-0.1, -0.05) is 6.92 Å². The molecule has 3 nitrogen and oxygen atoms in total. The van der Waals surface area contributed by atoms with Gasteiger partial charge in [0.2, 0.25) is 0 Å². The van der Waals surface area contributed by atoms with Crippen LogP contribution in [0.3, 0.4) is 0 Å². The Morgan fingerprint density at radius 2 is 2.33 bits per heavy atom. The van der Waals surface area contributed by atoms with Crippen LogP contribution < -0.4 is 5.43 Å². The number of carbonyl (C=O) groups is 1. The van der Waals surface area contributed by atoms with E-state index in [-0.39, 0.29) is 16.8 Å². The van der Waals surface area contributed by atoms with Crippen LogP contribution in [0, 0.1) is 0 Å². The molecule has 0 saturated heterocycles. The lowest BCUT2D eigenvalue weighted by atomic mass is 10.1. The molecule has 0 amide bonds. The summed E-state index contributed by atoms with van der Waals surface area (Å²) in [6, 6.07) is 1.36. The van der Waals surface area contributed by atoms with Crippen LogP contribution >= 0.6 is 0 Å². The number of rotatable bonds is 3. The Morgan fingerprint density at radius 3 is 2.92 bits per heavy atom. The van der Waals surface area contributed by atoms with E-state index in [4.69, 9.17) is 0 Å². The maximum atomic E-state index is 11.2. The first-order chi connectivity index (χ1) is 5.75. The van der Waals surface area contributed by atoms with E-state index in [0.717, 1.165) is 6.42 Å². The number of nitrogens with one attached hydrogen (secondary N) is 1. The fraction of sp³-hybridized carbons (Fsp3) is 0.333. The summed E-state index contributed by atoms with van der Waals surface area (Å²) in [5.74, 6) is -0.0839. The molecule has 1 heterocycles. The molecule has 0 unspecified atom stereocenters. The van der Waals surface area contributed by atoms with Crippen LogP contribution in [-0.4, -0.2) is 10.8 Å². The molecule has 1 aromatic heterocycles. The highest BCUT2D eigenvalue weighted by molar-refractivity contribution is 5.95. The second-order valence-corrected chi connectivity index (χ2v) is 2.60. The quantitative estimate of drug-likeness (QED) is 0.687. The molecule has 1 rings (SSSR count). The van der Waals surface area contributed by atoms with E-state index in [2.05, 4.69) is 4.98 Å². The maximum absolute atomic E-state index is 11.2. The van der Waals surface area contributed by atoms with E-state index >= 15 is 0 Å². The summed E-state index contributed by atoms with van der Waals surface area (Å²) in [7, 11) is 0. The van der Waals surface area contributed by atoms with Gasteiger partial charge in [-0.15, -0.1) is 0 Å². The van der Waals surface area contributed by atoms with E-state index in [1.807, 2.05) is 6.92 Å². The molecule has 0 aliphatic rings. The van der Waals surface area contributed by atoms with Gasteiger partial charge < -0.3 is 4.98 Å². The Balaban J connectivity index is 2.95. The van der Waals surface area contributed by atoms with Gasteiger partial charge in [0, 0.05) is 24.9 Å². The minimum atomic E-state index is -0.202. The Labute approximate surface area is 70.4 Å². The minimum absolute atomic E-state index is 0.0839. The van der Waals surface area contributed by atoms with Crippen LogP contribution in [0.2, 0.25) is 0 Å². The first-order valence-electron chi connectivity index (χ1n) is 3.96. The predicted molar refractivity (Wildman–Crippen MR) is 46.3 cm³/mol. The molecular formula is C9H11NO2. The number of hydrogen-bond acceptors (Lipinski definition) is 2. The van der Waals surface area contributed by atoms with Crippen molar-refractivity contribution in [3.63, 3.8) is 0 Å². The van der Waals surface area contributed by atoms with Crippen LogP contribution in [0.15, 0.2) is 23.3 Å². The van der Waals surface area contributed by atoms with Crippen LogP contribution in [0.1, 0.15) is 30.1 Å². The standard InChI is InChI=1S/C9H11NO2/c1-2-3-8(11)7-6-10-5-4-9(7)12/h4-6H,2-3H2,1H3,(H,10,12). The van der Waals surface area contributed by atoms with Gasteiger partial charge in [-0.05, 0) is 6.42 Å². The van der Waals surface area contributed by atoms with Gasteiger partial charge in [-0.2, -0.15) is 0 Å². The molecule has 0 fully saturated rings. The van der Waals surface area contributed by atoms with E-state index in [9.17, 15) is 9.59 Å². The number of H-pyrrole nitrogens is 1. The summed E-state index contributed by atoms with van der Waals surface area (Å²) in [4.78, 5) is 25.1. The molecule has 1 aromatic rings. The first-order valence-corrected chi connectivity index (χ1v) is 3.96. The van der Waals surface area contributed by atoms with Crippen molar-refractivity contribution in [2.24, 2.45) is 0 Å². The molecule has 1 N–H and O–H groups in total. The molecule has 0 saturated carbocycles. The Morgan fingerprint density at radius 1 is 1.58 bits per heavy atom. The molecule has 12 heavy (non-hydrogen) atoms. The molecule has 0 aliphatic heterocycles. The third kappa shape index (κ3) is 1.81. The zero-order chi connectivity index (χ0) is 8.97. The summed E-state index contributed by atoms with van der Waals surface area (Å²) >= 11 is 0. The highest BCUT2D eigenvalue weighted by atomic mass is 16.1. The third-order valence-electron chi connectivity index (χ3n) is 1.60. The molecule has 0 bridgehead atoms. The smallest absolute Gasteiger partial charge is 0.192 e. The number of ketones is 1. The van der Waals surface area contributed by atoms with E-state index in [0.29, 0.717) is 6.42 Å². The van der Waals surface area contributed by atoms with Gasteiger partial charge in [0.25, 0.3) is 0 Å². The Hall–Kier alpha value is -1.38. The summed E-state index contributed by atoms with van der Waals surface area (Å²) in [6.07, 6.45) is 4.19. The van der Waals surface area contributed by atoms with Crippen LogP contribution in [0.25, 0.3) is 0 Å². The van der Waals surface area contributed by atoms with Crippen LogP contribution in [0.4, 0.5) is 0 Å². The monoisotopic (exact) mass is 165 g/mol. The second kappa shape index (κ2) is 3.85. The highest BCUT2D eigenvalue weighted by Gasteiger charge is 2.06. The number of aromatic nitrogens is 1. The van der Waals surface area contributed by atoms with Crippen molar-refractivity contribution < 1.29 is 4.79 Å². The number of aromatic amines is 1. The van der Waals surface area contributed by atoms with Gasteiger partial charge in [-0.25, -0.2) is 0 Å². The zero-order valence-corrected chi connectivity index (χ0v) is 6.96. The maximum Gasteiger partial charge on any atom is 0.192 e. The lowest BCUT2D eigenvalue weighted by Gasteiger charge is -1.95. The molecule has 3 heteroatoms. The summed E-state index contributed by atoms with van der Waals surface area (Å²) in [5, 5.41) is 0. The van der Waals surface area contributed by atoms with E-state index in [1.165, 1.54) is 18.5 Å². The van der Waals surface area contributed by atoms with Crippen molar-refractivity contribution in [2.45, 2.75) is 19.8 Å². The first kappa shape index (κ1) is 8.71. The average Bonchev–Trinajstić information content (AvgIpc) is 2.05. The molecule has 64 valence electrons. The minimum Gasteiger partial charge on any atom is -0.367 e. The van der Waals surface area contributed by atoms with Gasteiger partial charge in [-0.3, -0.25) is 9.59 Å². The molecule has 0 radical (unpaired) electrons. The molecule has 0 aromatic carbocycles. The average molecular weight is 165 g/mol. The summed E-state index contributed by atoms with van der Waals surface area (Å²) in [6.45, 7) is 1.91. The molecule has 0 atom stereocenters. The second-order valence-electron chi connectivity index (χ2n) is 2.60. The van der Waals surface area contributed by atoms with Gasteiger partial charge >= 0.3 is 0 Å². The van der Waals surface area contributed by atoms with Crippen molar-refractivity contribution in [3.8, 4) is 0 Å². The van der Waals surface area contributed by atoms with Crippen molar-refractivity contribution in [3.05, 3.63) is 34.2 Å². The molecule has 0 spiro atoms. The number of Topliss-reactive ketones (excluding diaryl/α,β-unsaturated/α-hetero) is 1. The summed E-state index contributed by atoms with van der Waals surface area (Å²) < 4.78 is 0. The predicted octanol–water partition coefficient (Wildman–Crippen LogP) is 1.36. The Kier molecular flexibility index (Phi) is 2.80. The van der Waals surface area contributed by atoms with Crippen molar-refractivity contribution in [1.29, 1.82) is 0 Å². The largest absolute Gasteiger partial charge is 0.367 e. The van der Waals surface area contributed by atoms with Crippen LogP contribution in [0.5, 0.6) is 0 Å². The van der Waals surface area contributed by atoms with Crippen molar-refractivity contribution in [2.75, 3.05) is 0 Å². The van der Waals surface area contributed by atoms with E-state index in [1.54, 1.807) is 0 Å². The fourth-order valence-electron chi connectivity index (χ4n) is 0.996. The zero-order valence-electron chi connectivity index (χ0n) is 6.96. The number of carbonyl (C=O) groups excluding carboxylic acids is 1. The lowest BCUT2D eigenvalue weighted by Crippen LogP contribution is -2.13. The van der Waals surface area contributed by atoms with Gasteiger partial charge in [0.15, 0.2) is 11.2 Å². The molecule has 0 aliphatic carbocycles. The SMILES string of the molecule is CCCC(=O)c1c[nH]ccc1=O. The lowest BCUT2D eigenvalue weighted by molar-refractivity contribution is 0.0980. The normalized spacial score (nSPS) is 9.75. The van der Waals surface area contributed by atoms with Crippen molar-refractivity contribution >= 4 is 5.78 Å². The van der Waals surface area contributed by atoms with E-state index < -0.39 is 0 Å². The number of hydrogen-bond donors (Lipinski definition) is 1. The Bertz CT molecular complexity index is 327. The van der Waals surface area contributed by atoms with Gasteiger partial charge in [0.1, 0.15) is 0 Å². The van der Waals surface area contributed by atoms with Crippen LogP contribution in [-0.2, 0) is 0 Å². The van der Waals surface area contributed by atoms with Gasteiger partial charge in [0.05, 0.1) is 5.56 Å². The topological polar surface area (TPSA) is 49.9 Å². The fourth-order valence-corrected chi connectivity index (χ4v) is 0.996. The third-order valence-corrected chi connectivity index (χ3v) is 1.60. The number of pyridine rings is 1. The summed E-state index contributed by atoms with van der Waals surface area (Å²) in [5.41, 5.74) is 0.0616. The van der Waals surface area contributed by atoms with Crippen molar-refractivity contribution in [1.82, 2.24) is 4.98 Å².